The maximum absolute atomic E-state index is 12.7. The molecule has 2 aromatic rings. The molecule has 1 aliphatic carbocycles. The Morgan fingerprint density at radius 2 is 1.62 bits per heavy atom. The first-order valence-corrected chi connectivity index (χ1v) is 11.2. The SMILES string of the molecule is CCCCCC1CCC(c2ccc(OC(=S)c3ccc(C(F)F)cc3)cc2)CC1. The van der Waals surface area contributed by atoms with Crippen molar-refractivity contribution in [3.05, 3.63) is 65.2 Å². The zero-order valence-corrected chi connectivity index (χ0v) is 17.9. The van der Waals surface area contributed by atoms with E-state index < -0.39 is 6.43 Å². The molecule has 0 aromatic heterocycles. The molecule has 0 atom stereocenters. The van der Waals surface area contributed by atoms with Crippen molar-refractivity contribution in [3.8, 4) is 5.75 Å². The molecule has 1 aliphatic rings. The average molecular weight is 417 g/mol. The molecule has 1 fully saturated rings. The molecule has 2 aromatic carbocycles. The third kappa shape index (κ3) is 6.33. The van der Waals surface area contributed by atoms with Crippen molar-refractivity contribution < 1.29 is 13.5 Å². The molecule has 0 heterocycles. The van der Waals surface area contributed by atoms with Crippen molar-refractivity contribution in [1.29, 1.82) is 0 Å². The van der Waals surface area contributed by atoms with Gasteiger partial charge in [0.2, 0.25) is 0 Å². The number of ether oxygens (including phenoxy) is 1. The minimum atomic E-state index is -2.47. The summed E-state index contributed by atoms with van der Waals surface area (Å²) in [5, 5.41) is 0.297. The van der Waals surface area contributed by atoms with Gasteiger partial charge in [0.05, 0.1) is 0 Å². The number of alkyl halides is 2. The molecule has 0 unspecified atom stereocenters. The lowest BCUT2D eigenvalue weighted by molar-refractivity contribution is 0.151. The highest BCUT2D eigenvalue weighted by molar-refractivity contribution is 7.80. The molecule has 0 bridgehead atoms. The van der Waals surface area contributed by atoms with Crippen LogP contribution in [0.2, 0.25) is 0 Å². The quantitative estimate of drug-likeness (QED) is 0.316. The maximum Gasteiger partial charge on any atom is 0.263 e. The van der Waals surface area contributed by atoms with Crippen molar-refractivity contribution in [1.82, 2.24) is 0 Å². The maximum atomic E-state index is 12.7. The van der Waals surface area contributed by atoms with E-state index in [2.05, 4.69) is 19.1 Å². The van der Waals surface area contributed by atoms with Crippen LogP contribution in [0.15, 0.2) is 48.5 Å². The van der Waals surface area contributed by atoms with Gasteiger partial charge in [0.1, 0.15) is 5.75 Å². The van der Waals surface area contributed by atoms with Gasteiger partial charge in [-0.3, -0.25) is 0 Å². The third-order valence-electron chi connectivity index (χ3n) is 6.02. The number of thiocarbonyl (C=S) groups is 1. The van der Waals surface area contributed by atoms with Crippen molar-refractivity contribution in [2.45, 2.75) is 70.6 Å². The first-order chi connectivity index (χ1) is 14.1. The molecule has 1 saturated carbocycles. The Bertz CT molecular complexity index is 762. The zero-order valence-electron chi connectivity index (χ0n) is 17.1. The lowest BCUT2D eigenvalue weighted by Crippen LogP contribution is -2.13. The Morgan fingerprint density at radius 1 is 0.966 bits per heavy atom. The second-order valence-electron chi connectivity index (χ2n) is 8.09. The summed E-state index contributed by atoms with van der Waals surface area (Å²) in [6, 6.07) is 14.1. The molecular weight excluding hydrogens is 386 g/mol. The number of hydrogen-bond acceptors (Lipinski definition) is 2. The second-order valence-corrected chi connectivity index (χ2v) is 8.47. The number of benzene rings is 2. The van der Waals surface area contributed by atoms with Gasteiger partial charge in [-0.25, -0.2) is 8.78 Å². The summed E-state index contributed by atoms with van der Waals surface area (Å²) >= 11 is 5.32. The summed E-state index contributed by atoms with van der Waals surface area (Å²) in [6.07, 6.45) is 8.17. The van der Waals surface area contributed by atoms with Crippen LogP contribution in [0.3, 0.4) is 0 Å². The van der Waals surface area contributed by atoms with Crippen LogP contribution >= 0.6 is 12.2 Å². The van der Waals surface area contributed by atoms with Gasteiger partial charge in [-0.05, 0) is 79.6 Å². The van der Waals surface area contributed by atoms with Crippen LogP contribution in [-0.2, 0) is 0 Å². The molecule has 0 amide bonds. The van der Waals surface area contributed by atoms with Gasteiger partial charge in [0.15, 0.2) is 5.05 Å². The van der Waals surface area contributed by atoms with E-state index in [1.165, 1.54) is 69.1 Å². The second kappa shape index (κ2) is 10.8. The summed E-state index contributed by atoms with van der Waals surface area (Å²) in [4.78, 5) is 0. The van der Waals surface area contributed by atoms with E-state index in [-0.39, 0.29) is 5.56 Å². The van der Waals surface area contributed by atoms with Crippen molar-refractivity contribution in [3.63, 3.8) is 0 Å². The van der Waals surface area contributed by atoms with Crippen LogP contribution in [-0.4, -0.2) is 5.05 Å². The van der Waals surface area contributed by atoms with Crippen LogP contribution in [0.4, 0.5) is 8.78 Å². The van der Waals surface area contributed by atoms with E-state index in [4.69, 9.17) is 17.0 Å². The molecule has 3 rings (SSSR count). The largest absolute Gasteiger partial charge is 0.445 e. The molecular formula is C25H30F2OS. The van der Waals surface area contributed by atoms with Crippen LogP contribution < -0.4 is 4.74 Å². The predicted molar refractivity (Wildman–Crippen MR) is 119 cm³/mol. The van der Waals surface area contributed by atoms with E-state index in [9.17, 15) is 8.78 Å². The first-order valence-electron chi connectivity index (χ1n) is 10.8. The highest BCUT2D eigenvalue weighted by Crippen LogP contribution is 2.38. The number of halogens is 2. The van der Waals surface area contributed by atoms with E-state index in [1.54, 1.807) is 12.1 Å². The fourth-order valence-electron chi connectivity index (χ4n) is 4.21. The molecule has 0 saturated heterocycles. The minimum absolute atomic E-state index is 0.0130. The van der Waals surface area contributed by atoms with Crippen LogP contribution in [0.5, 0.6) is 5.75 Å². The standard InChI is InChI=1S/C25H30F2OS/c1-2-3-4-5-18-6-8-19(9-7-18)20-14-16-23(17-15-20)28-25(29)22-12-10-21(11-13-22)24(26)27/h10-19,24H,2-9H2,1H3. The van der Waals surface area contributed by atoms with Crippen LogP contribution in [0.1, 0.15) is 87.3 Å². The zero-order chi connectivity index (χ0) is 20.6. The third-order valence-corrected chi connectivity index (χ3v) is 6.34. The average Bonchev–Trinajstić information content (AvgIpc) is 2.75. The smallest absolute Gasteiger partial charge is 0.263 e. The van der Waals surface area contributed by atoms with E-state index in [0.717, 1.165) is 5.92 Å². The number of hydrogen-bond donors (Lipinski definition) is 0. The molecule has 0 radical (unpaired) electrons. The molecule has 29 heavy (non-hydrogen) atoms. The Kier molecular flexibility index (Phi) is 8.17. The van der Waals surface area contributed by atoms with Crippen molar-refractivity contribution >= 4 is 17.3 Å². The van der Waals surface area contributed by atoms with Gasteiger partial charge < -0.3 is 4.74 Å². The summed E-state index contributed by atoms with van der Waals surface area (Å²) < 4.78 is 31.1. The van der Waals surface area contributed by atoms with Gasteiger partial charge in [-0.15, -0.1) is 0 Å². The van der Waals surface area contributed by atoms with Gasteiger partial charge in [0, 0.05) is 11.1 Å². The van der Waals surface area contributed by atoms with Gasteiger partial charge in [-0.1, -0.05) is 56.9 Å². The Morgan fingerprint density at radius 3 is 2.21 bits per heavy atom. The van der Waals surface area contributed by atoms with Gasteiger partial charge in [-0.2, -0.15) is 0 Å². The summed E-state index contributed by atoms with van der Waals surface area (Å²) in [5.41, 5.74) is 1.99. The number of rotatable bonds is 8. The van der Waals surface area contributed by atoms with Gasteiger partial charge in [0.25, 0.3) is 6.43 Å². The summed E-state index contributed by atoms with van der Waals surface area (Å²) in [7, 11) is 0. The van der Waals surface area contributed by atoms with E-state index in [1.807, 2.05) is 12.1 Å². The van der Waals surface area contributed by atoms with E-state index in [0.29, 0.717) is 22.3 Å². The molecule has 0 spiro atoms. The lowest BCUT2D eigenvalue weighted by Gasteiger charge is -2.29. The monoisotopic (exact) mass is 416 g/mol. The van der Waals surface area contributed by atoms with Gasteiger partial charge >= 0.3 is 0 Å². The van der Waals surface area contributed by atoms with E-state index >= 15 is 0 Å². The topological polar surface area (TPSA) is 9.23 Å². The van der Waals surface area contributed by atoms with Crippen LogP contribution in [0.25, 0.3) is 0 Å². The normalized spacial score (nSPS) is 19.3. The molecule has 4 heteroatoms. The predicted octanol–water partition coefficient (Wildman–Crippen LogP) is 8.23. The Balaban J connectivity index is 1.50. The molecule has 156 valence electrons. The van der Waals surface area contributed by atoms with Crippen LogP contribution in [0, 0.1) is 5.92 Å². The molecule has 0 N–H and O–H groups in total. The van der Waals surface area contributed by atoms with Crippen molar-refractivity contribution in [2.75, 3.05) is 0 Å². The Hall–Kier alpha value is -1.81. The summed E-state index contributed by atoms with van der Waals surface area (Å²) in [5.74, 6) is 2.24. The Labute approximate surface area is 178 Å². The molecule has 1 nitrogen and oxygen atoms in total. The summed E-state index contributed by atoms with van der Waals surface area (Å²) in [6.45, 7) is 2.26. The fourth-order valence-corrected chi connectivity index (χ4v) is 4.44. The van der Waals surface area contributed by atoms with Crippen molar-refractivity contribution in [2.24, 2.45) is 5.92 Å². The lowest BCUT2D eigenvalue weighted by atomic mass is 9.77. The highest BCUT2D eigenvalue weighted by atomic mass is 32.1. The highest BCUT2D eigenvalue weighted by Gasteiger charge is 2.22. The minimum Gasteiger partial charge on any atom is -0.445 e. The molecule has 0 aliphatic heterocycles. The number of unbranched alkanes of at least 4 members (excludes halogenated alkanes) is 2. The fraction of sp³-hybridized carbons (Fsp3) is 0.480. The first kappa shape index (κ1) is 21.9.